The Hall–Kier alpha value is -1.12. The Morgan fingerprint density at radius 3 is 2.69 bits per heavy atom. The van der Waals surface area contributed by atoms with Crippen molar-refractivity contribution in [3.63, 3.8) is 0 Å². The highest BCUT2D eigenvalue weighted by Crippen LogP contribution is 2.19. The normalized spacial score (nSPS) is 10.2. The summed E-state index contributed by atoms with van der Waals surface area (Å²) in [7, 11) is 1.54. The van der Waals surface area contributed by atoms with Gasteiger partial charge in [-0.25, -0.2) is 9.37 Å². The van der Waals surface area contributed by atoms with Crippen LogP contribution in [0.4, 0.5) is 4.39 Å². The highest BCUT2D eigenvalue weighted by atomic mass is 19.1. The number of hydrogen-bond donors (Lipinski definition) is 0. The van der Waals surface area contributed by atoms with Gasteiger partial charge in [-0.2, -0.15) is 0 Å². The SMILES string of the molecule is CCc1c(CF)cc(OC)nc1C. The second-order valence-corrected chi connectivity index (χ2v) is 2.87. The summed E-state index contributed by atoms with van der Waals surface area (Å²) in [6.45, 7) is 3.42. The number of halogens is 1. The van der Waals surface area contributed by atoms with E-state index >= 15 is 0 Å². The number of rotatable bonds is 3. The summed E-state index contributed by atoms with van der Waals surface area (Å²) in [4.78, 5) is 4.18. The lowest BCUT2D eigenvalue weighted by molar-refractivity contribution is 0.393. The van der Waals surface area contributed by atoms with Crippen molar-refractivity contribution in [1.82, 2.24) is 4.98 Å². The fraction of sp³-hybridized carbons (Fsp3) is 0.500. The first-order valence-corrected chi connectivity index (χ1v) is 4.32. The summed E-state index contributed by atoms with van der Waals surface area (Å²) in [5.41, 5.74) is 2.53. The van der Waals surface area contributed by atoms with Crippen LogP contribution >= 0.6 is 0 Å². The maximum Gasteiger partial charge on any atom is 0.213 e. The fourth-order valence-corrected chi connectivity index (χ4v) is 1.44. The first-order valence-electron chi connectivity index (χ1n) is 4.32. The van der Waals surface area contributed by atoms with Crippen molar-refractivity contribution in [2.45, 2.75) is 26.9 Å². The Bertz CT molecular complexity index is 299. The first kappa shape index (κ1) is 9.96. The molecule has 1 aromatic heterocycles. The largest absolute Gasteiger partial charge is 0.481 e. The van der Waals surface area contributed by atoms with E-state index in [1.807, 2.05) is 13.8 Å². The Labute approximate surface area is 77.8 Å². The van der Waals surface area contributed by atoms with Crippen molar-refractivity contribution in [3.05, 3.63) is 22.9 Å². The quantitative estimate of drug-likeness (QED) is 0.718. The number of nitrogens with zero attached hydrogens (tertiary/aromatic N) is 1. The minimum Gasteiger partial charge on any atom is -0.481 e. The molecule has 0 aromatic carbocycles. The average Bonchev–Trinajstić information content (AvgIpc) is 2.16. The molecule has 0 aliphatic carbocycles. The molecule has 13 heavy (non-hydrogen) atoms. The molecule has 0 amide bonds. The summed E-state index contributed by atoms with van der Waals surface area (Å²) in [6.07, 6.45) is 0.808. The molecule has 3 heteroatoms. The van der Waals surface area contributed by atoms with Gasteiger partial charge in [0.15, 0.2) is 0 Å². The number of hydrogen-bond acceptors (Lipinski definition) is 2. The molecule has 0 saturated carbocycles. The van der Waals surface area contributed by atoms with Gasteiger partial charge >= 0.3 is 0 Å². The topological polar surface area (TPSA) is 22.1 Å². The molecule has 1 aromatic rings. The Balaban J connectivity index is 3.20. The zero-order valence-corrected chi connectivity index (χ0v) is 8.22. The van der Waals surface area contributed by atoms with Crippen molar-refractivity contribution in [2.75, 3.05) is 7.11 Å². The van der Waals surface area contributed by atoms with Crippen LogP contribution in [0, 0.1) is 6.92 Å². The molecule has 0 atom stereocenters. The average molecular weight is 183 g/mol. The van der Waals surface area contributed by atoms with E-state index in [1.54, 1.807) is 6.07 Å². The van der Waals surface area contributed by atoms with Crippen molar-refractivity contribution in [1.29, 1.82) is 0 Å². The summed E-state index contributed by atoms with van der Waals surface area (Å²) in [5, 5.41) is 0. The molecule has 0 fully saturated rings. The fourth-order valence-electron chi connectivity index (χ4n) is 1.44. The molecule has 0 unspecified atom stereocenters. The minimum atomic E-state index is -0.455. The van der Waals surface area contributed by atoms with Crippen LogP contribution in [0.25, 0.3) is 0 Å². The van der Waals surface area contributed by atoms with Crippen LogP contribution in [0.3, 0.4) is 0 Å². The van der Waals surface area contributed by atoms with E-state index in [1.165, 1.54) is 7.11 Å². The van der Waals surface area contributed by atoms with Gasteiger partial charge in [0, 0.05) is 11.8 Å². The second kappa shape index (κ2) is 4.21. The summed E-state index contributed by atoms with van der Waals surface area (Å²) >= 11 is 0. The van der Waals surface area contributed by atoms with Gasteiger partial charge in [0.05, 0.1) is 7.11 Å². The van der Waals surface area contributed by atoms with Crippen molar-refractivity contribution < 1.29 is 9.13 Å². The molecule has 0 bridgehead atoms. The van der Waals surface area contributed by atoms with Crippen LogP contribution in [-0.2, 0) is 13.1 Å². The molecule has 0 N–H and O–H groups in total. The minimum absolute atomic E-state index is 0.455. The van der Waals surface area contributed by atoms with Crippen molar-refractivity contribution in [2.24, 2.45) is 0 Å². The van der Waals surface area contributed by atoms with E-state index in [4.69, 9.17) is 4.74 Å². The third kappa shape index (κ3) is 1.97. The third-order valence-electron chi connectivity index (χ3n) is 2.11. The van der Waals surface area contributed by atoms with Gasteiger partial charge in [0.2, 0.25) is 5.88 Å². The van der Waals surface area contributed by atoms with Crippen LogP contribution in [0.2, 0.25) is 0 Å². The maximum atomic E-state index is 12.6. The van der Waals surface area contributed by atoms with Gasteiger partial charge in [-0.3, -0.25) is 0 Å². The number of pyridine rings is 1. The van der Waals surface area contributed by atoms with E-state index in [-0.39, 0.29) is 0 Å². The lowest BCUT2D eigenvalue weighted by Gasteiger charge is -2.09. The van der Waals surface area contributed by atoms with Crippen LogP contribution in [0.15, 0.2) is 6.07 Å². The summed E-state index contributed by atoms with van der Waals surface area (Å²) < 4.78 is 17.5. The Morgan fingerprint density at radius 1 is 1.54 bits per heavy atom. The first-order chi connectivity index (χ1) is 6.22. The summed E-state index contributed by atoms with van der Waals surface area (Å²) in [6, 6.07) is 1.66. The number of aryl methyl sites for hydroxylation is 1. The number of aromatic nitrogens is 1. The van der Waals surface area contributed by atoms with Crippen molar-refractivity contribution >= 4 is 0 Å². The van der Waals surface area contributed by atoms with E-state index in [2.05, 4.69) is 4.98 Å². The van der Waals surface area contributed by atoms with Gasteiger partial charge in [-0.1, -0.05) is 6.92 Å². The van der Waals surface area contributed by atoms with Crippen LogP contribution in [-0.4, -0.2) is 12.1 Å². The standard InChI is InChI=1S/C10H14FNO/c1-4-9-7(2)12-10(13-3)5-8(9)6-11/h5H,4,6H2,1-3H3. The molecule has 0 spiro atoms. The van der Waals surface area contributed by atoms with Gasteiger partial charge in [-0.05, 0) is 24.5 Å². The number of methoxy groups -OCH3 is 1. The lowest BCUT2D eigenvalue weighted by atomic mass is 10.1. The van der Waals surface area contributed by atoms with Gasteiger partial charge in [0.25, 0.3) is 0 Å². The Morgan fingerprint density at radius 2 is 2.23 bits per heavy atom. The van der Waals surface area contributed by atoms with E-state index in [0.29, 0.717) is 11.4 Å². The second-order valence-electron chi connectivity index (χ2n) is 2.87. The molecule has 0 saturated heterocycles. The predicted molar refractivity (Wildman–Crippen MR) is 49.7 cm³/mol. The highest BCUT2D eigenvalue weighted by molar-refractivity contribution is 5.34. The highest BCUT2D eigenvalue weighted by Gasteiger charge is 2.07. The number of alkyl halides is 1. The van der Waals surface area contributed by atoms with E-state index in [9.17, 15) is 4.39 Å². The molecule has 0 aliphatic heterocycles. The molecule has 0 aliphatic rings. The van der Waals surface area contributed by atoms with E-state index in [0.717, 1.165) is 17.7 Å². The lowest BCUT2D eigenvalue weighted by Crippen LogP contribution is -1.99. The zero-order chi connectivity index (χ0) is 9.84. The predicted octanol–water partition coefficient (Wildman–Crippen LogP) is 2.43. The molecule has 0 radical (unpaired) electrons. The summed E-state index contributed by atoms with van der Waals surface area (Å²) in [5.74, 6) is 0.488. The molecule has 1 rings (SSSR count). The smallest absolute Gasteiger partial charge is 0.213 e. The third-order valence-corrected chi connectivity index (χ3v) is 2.11. The van der Waals surface area contributed by atoms with Gasteiger partial charge in [0.1, 0.15) is 6.67 Å². The number of ether oxygens (including phenoxy) is 1. The zero-order valence-electron chi connectivity index (χ0n) is 8.22. The van der Waals surface area contributed by atoms with Gasteiger partial charge < -0.3 is 4.74 Å². The molecule has 72 valence electrons. The molecular formula is C10H14FNO. The molecular weight excluding hydrogens is 169 g/mol. The van der Waals surface area contributed by atoms with Crippen molar-refractivity contribution in [3.8, 4) is 5.88 Å². The molecule has 2 nitrogen and oxygen atoms in total. The van der Waals surface area contributed by atoms with Crippen LogP contribution in [0.1, 0.15) is 23.7 Å². The molecule has 1 heterocycles. The van der Waals surface area contributed by atoms with Gasteiger partial charge in [-0.15, -0.1) is 0 Å². The van der Waals surface area contributed by atoms with E-state index < -0.39 is 6.67 Å². The monoisotopic (exact) mass is 183 g/mol. The van der Waals surface area contributed by atoms with Crippen LogP contribution in [0.5, 0.6) is 5.88 Å². The Kier molecular flexibility index (Phi) is 3.23. The maximum absolute atomic E-state index is 12.6. The van der Waals surface area contributed by atoms with Crippen LogP contribution < -0.4 is 4.74 Å².